The van der Waals surface area contributed by atoms with E-state index in [-0.39, 0.29) is 91.0 Å². The molecule has 0 amide bonds. The molecule has 30 nitrogen and oxygen atoms in total. The number of esters is 3. The molecule has 0 saturated heterocycles. The largest absolute Gasteiger partial charge is 0.477 e. The van der Waals surface area contributed by atoms with Crippen molar-refractivity contribution in [2.24, 2.45) is 11.8 Å². The SMILES string of the molecule is C=C(C)C(=O)OCC(C)(COC(C)(C)Br)OOCC(C)(C)Br.C=C(C)C(=O)OCC(COC(C)(C)Br)OOCC(C)(C)Br.C=C(C)C(NO)c1ccc(OC(C)(C)Br)cc1.C=C(C)C(OO)C1CCC(COOCC(C)(C)Br)CC1O.C=C(C)C1(NO)CCC(OC(C)(C)Br)CC1.C=CCOCC(COC(=O)C(=C)C)OOCC(C)(C)Br.C=O.C=O.C=O.C=O. The Kier molecular flexibility index (Phi) is 76.9. The van der Waals surface area contributed by atoms with Crippen LogP contribution in [0.1, 0.15) is 216 Å². The van der Waals surface area contributed by atoms with Gasteiger partial charge in [-0.2, -0.15) is 11.0 Å². The number of hydrogen-bond donors (Lipinski definition) is 6. The average Bonchev–Trinajstić information content (AvgIpc) is 0.828. The minimum atomic E-state index is -0.936. The second-order valence-corrected chi connectivity index (χ2v) is 49.6. The third-order valence-corrected chi connectivity index (χ3v) is 17.0. The fraction of sp³-hybridized carbons (Fsp3) is 0.690. The normalized spacial score (nSPS) is 17.8. The van der Waals surface area contributed by atoms with E-state index in [0.29, 0.717) is 62.8 Å². The first-order valence-electron chi connectivity index (χ1n) is 39.2. The second-order valence-electron chi connectivity index (χ2n) is 33.3. The molecular weight excluding hydrogens is 2160 g/mol. The molecule has 125 heavy (non-hydrogen) atoms. The van der Waals surface area contributed by atoms with Crippen LogP contribution in [-0.4, -0.2) is 222 Å². The lowest BCUT2D eigenvalue weighted by Gasteiger charge is -2.40. The number of carbonyl (C=O) groups excluding carboxylic acids is 7. The van der Waals surface area contributed by atoms with Crippen LogP contribution < -0.4 is 15.7 Å². The number of ether oxygens (including phenoxy) is 8. The summed E-state index contributed by atoms with van der Waals surface area (Å²) < 4.78 is 40.8. The summed E-state index contributed by atoms with van der Waals surface area (Å²) in [7, 11) is 0. The molecule has 0 heterocycles. The molecule has 0 spiro atoms. The Hall–Kier alpha value is -2.63. The van der Waals surface area contributed by atoms with Crippen LogP contribution in [0.5, 0.6) is 5.75 Å². The van der Waals surface area contributed by atoms with Crippen LogP contribution in [-0.2, 0) is 111 Å². The molecule has 0 aromatic heterocycles. The van der Waals surface area contributed by atoms with Gasteiger partial charge in [0.25, 0.3) is 0 Å². The number of hydrogen-bond acceptors (Lipinski definition) is 30. The van der Waals surface area contributed by atoms with Crippen molar-refractivity contribution < 1.29 is 136 Å². The summed E-state index contributed by atoms with van der Waals surface area (Å²) in [5.74, 6) is -0.515. The van der Waals surface area contributed by atoms with Crippen molar-refractivity contribution in [3.05, 3.63) is 115 Å². The molecular formula is C87H148Br8N2O28. The maximum absolute atomic E-state index is 11.5. The average molecular weight is 2310 g/mol. The minimum absolute atomic E-state index is 0.00944. The fourth-order valence-corrected chi connectivity index (χ4v) is 10.4. The van der Waals surface area contributed by atoms with Crippen LogP contribution in [0.15, 0.2) is 110 Å². The number of aliphatic hydroxyl groups excluding tert-OH is 1. The molecule has 0 bridgehead atoms. The number of nitrogens with one attached hydrogen (secondary N) is 2. The minimum Gasteiger partial charge on any atom is -0.477 e. The van der Waals surface area contributed by atoms with Gasteiger partial charge >= 0.3 is 17.9 Å². The topological polar surface area (TPSA) is 381 Å². The standard InChI is InChI=1S/C15H26Br2O5.C15H27BrO5.C14H24Br2O5.C14H23BrO5.C13H18BrNO2.C12H22BrNO2.4CH2O/c1-11(2)12(18)19-9-15(7,10-20-14(5,6)17)22-21-8-13(3,4)16;1-10(2)14(21-18)12-6-5-11(7-13(12)17)8-19-20-9-15(3,4)16;1-10(2)12(17)18-7-11(8-19-14(5,6)16)21-20-9-13(3,4)15;1-6-7-17-8-12(9-18-13(16)11(2)3)20-19-10-14(4,5)15;1-9(2)12(15-16)10-5-7-11(8-6-10)17-13(3,4)14;1-9(2)12(14-15)7-5-10(6-8-12)16-11(3,4)13;4*1-2/h1,8-10H2,2-7H3;11-14,17-18H,1,5-9H2,2-4H3;11H,1,7-9H2,2-6H3;6,12H,1-2,7-10H2,3-5H3;5-8,12,15-16H,1H2,2-4H3;10,14-15H,1,5-8H2,2-4H3;4*1H2. The van der Waals surface area contributed by atoms with Gasteiger partial charge in [-0.1, -0.05) is 180 Å². The van der Waals surface area contributed by atoms with Crippen molar-refractivity contribution in [2.75, 3.05) is 79.3 Å². The van der Waals surface area contributed by atoms with E-state index in [1.54, 1.807) is 40.7 Å². The number of halogens is 8. The summed E-state index contributed by atoms with van der Waals surface area (Å²) in [5, 5.41) is 37.5. The van der Waals surface area contributed by atoms with E-state index in [1.807, 2.05) is 176 Å². The molecule has 8 unspecified atom stereocenters. The van der Waals surface area contributed by atoms with Crippen LogP contribution in [0.4, 0.5) is 0 Å². The van der Waals surface area contributed by atoms with Crippen LogP contribution in [0.2, 0.25) is 0 Å². The maximum Gasteiger partial charge on any atom is 0.333 e. The Morgan fingerprint density at radius 3 is 1.27 bits per heavy atom. The molecule has 6 N–H and O–H groups in total. The third-order valence-electron chi connectivity index (χ3n) is 15.3. The zero-order valence-corrected chi connectivity index (χ0v) is 90.5. The molecule has 0 aliphatic heterocycles. The van der Waals surface area contributed by atoms with E-state index in [0.717, 1.165) is 66.6 Å². The molecule has 2 aliphatic carbocycles. The van der Waals surface area contributed by atoms with Crippen LogP contribution in [0.25, 0.3) is 0 Å². The zero-order valence-electron chi connectivity index (χ0n) is 77.8. The quantitative estimate of drug-likeness (QED) is 0.00516. The molecule has 730 valence electrons. The molecule has 2 fully saturated rings. The molecule has 8 atom stereocenters. The van der Waals surface area contributed by atoms with Crippen molar-refractivity contribution in [3.8, 4) is 5.75 Å². The number of aliphatic hydroxyl groups is 1. The van der Waals surface area contributed by atoms with Gasteiger partial charge in [-0.05, 0) is 249 Å². The van der Waals surface area contributed by atoms with E-state index in [2.05, 4.69) is 189 Å². The summed E-state index contributed by atoms with van der Waals surface area (Å²) >= 11 is 27.4. The number of alkyl halides is 8. The van der Waals surface area contributed by atoms with Crippen molar-refractivity contribution in [1.29, 1.82) is 0 Å². The maximum atomic E-state index is 11.5. The molecule has 2 aliphatic rings. The molecule has 38 heteroatoms. The predicted octanol–water partition coefficient (Wildman–Crippen LogP) is 20.4. The van der Waals surface area contributed by atoms with Crippen molar-refractivity contribution in [1.82, 2.24) is 11.0 Å². The van der Waals surface area contributed by atoms with Crippen molar-refractivity contribution in [3.63, 3.8) is 0 Å². The van der Waals surface area contributed by atoms with Gasteiger partial charge in [-0.25, -0.2) is 58.4 Å². The van der Waals surface area contributed by atoms with Gasteiger partial charge in [-0.15, -0.1) is 6.58 Å². The van der Waals surface area contributed by atoms with Gasteiger partial charge in [0.2, 0.25) is 0 Å². The van der Waals surface area contributed by atoms with E-state index in [9.17, 15) is 24.7 Å². The summed E-state index contributed by atoms with van der Waals surface area (Å²) in [5.41, 5.74) is 7.92. The smallest absolute Gasteiger partial charge is 0.333 e. The lowest BCUT2D eigenvalue weighted by molar-refractivity contribution is -0.373. The van der Waals surface area contributed by atoms with Gasteiger partial charge in [0.15, 0.2) is 22.3 Å². The Balaban J connectivity index is -0.000000263. The first kappa shape index (κ1) is 135. The Morgan fingerprint density at radius 2 is 0.928 bits per heavy atom. The number of rotatable bonds is 48. The van der Waals surface area contributed by atoms with Crippen LogP contribution in [0.3, 0.4) is 0 Å². The third kappa shape index (κ3) is 79.6. The van der Waals surface area contributed by atoms with E-state index >= 15 is 0 Å². The van der Waals surface area contributed by atoms with Gasteiger partial charge < -0.3 is 72.6 Å². The molecule has 0 radical (unpaired) electrons. The number of benzene rings is 1. The van der Waals surface area contributed by atoms with Crippen LogP contribution in [0, 0.1) is 11.8 Å². The van der Waals surface area contributed by atoms with Gasteiger partial charge in [-0.3, -0.25) is 5.26 Å². The van der Waals surface area contributed by atoms with E-state index < -0.39 is 61.5 Å². The van der Waals surface area contributed by atoms with E-state index in [4.69, 9.17) is 107 Å². The fourth-order valence-electron chi connectivity index (χ4n) is 9.30. The van der Waals surface area contributed by atoms with Crippen molar-refractivity contribution >= 4 is 173 Å². The Morgan fingerprint density at radius 1 is 0.512 bits per heavy atom. The predicted molar refractivity (Wildman–Crippen MR) is 516 cm³/mol. The lowest BCUT2D eigenvalue weighted by atomic mass is 9.76. The van der Waals surface area contributed by atoms with E-state index in [1.165, 1.54) is 0 Å². The van der Waals surface area contributed by atoms with Gasteiger partial charge in [0, 0.05) is 39.9 Å². The highest BCUT2D eigenvalue weighted by atomic mass is 79.9. The lowest BCUT2D eigenvalue weighted by Crippen LogP contribution is -2.48. The molecule has 3 rings (SSSR count). The Bertz CT molecular complexity index is 3130. The number of carbonyl (C=O) groups is 7. The zero-order chi connectivity index (χ0) is 99.4. The highest BCUT2D eigenvalue weighted by molar-refractivity contribution is 9.11. The molecule has 2 saturated carbocycles. The van der Waals surface area contributed by atoms with Crippen molar-refractivity contribution in [2.45, 2.75) is 287 Å². The first-order valence-corrected chi connectivity index (χ1v) is 45.6. The second kappa shape index (κ2) is 71.0. The highest BCUT2D eigenvalue weighted by Gasteiger charge is 2.39. The highest BCUT2D eigenvalue weighted by Crippen LogP contribution is 2.38. The number of hydroxylamine groups is 2. The first-order chi connectivity index (χ1) is 57.3. The summed E-state index contributed by atoms with van der Waals surface area (Å²) in [4.78, 5) is 113. The summed E-state index contributed by atoms with van der Waals surface area (Å²) in [6.07, 6.45) is 5.69. The van der Waals surface area contributed by atoms with Gasteiger partial charge in [0.05, 0.1) is 83.3 Å². The summed E-state index contributed by atoms with van der Waals surface area (Å²) in [6.45, 7) is 79.7. The molecule has 1 aromatic carbocycles. The summed E-state index contributed by atoms with van der Waals surface area (Å²) in [6, 6.07) is 7.28. The van der Waals surface area contributed by atoms with Crippen LogP contribution >= 0.6 is 127 Å². The monoisotopic (exact) mass is 2300 g/mol. The Labute approximate surface area is 812 Å². The molecule has 1 aromatic rings. The van der Waals surface area contributed by atoms with Gasteiger partial charge in [0.1, 0.15) is 72.4 Å².